The maximum Gasteiger partial charge on any atom is 0.0463 e. The Morgan fingerprint density at radius 2 is 0.375 bits per heavy atom. The van der Waals surface area contributed by atoms with Crippen molar-refractivity contribution >= 4 is 51.2 Å². The lowest BCUT2D eigenvalue weighted by Crippen LogP contribution is -2.13. The topological polar surface area (TPSA) is 9.72 Å². The number of nitrogens with zero attached hydrogens (tertiary/aromatic N) is 3. The third-order valence-electron chi connectivity index (χ3n) is 11.8. The Morgan fingerprint density at radius 3 is 0.688 bits per heavy atom. The van der Waals surface area contributed by atoms with Crippen LogP contribution in [0.25, 0.3) is 11.1 Å². The number of para-hydroxylation sites is 3. The summed E-state index contributed by atoms with van der Waals surface area (Å²) in [6, 6.07) is 99.7. The van der Waals surface area contributed by atoms with Crippen molar-refractivity contribution in [1.29, 1.82) is 0 Å². The summed E-state index contributed by atoms with van der Waals surface area (Å²) in [4.78, 5) is 6.97. The standard InChI is InChI=1S/C61H47N3/c1-7-19-47(20-8-1)48-31-35-55(36-32-48)64(56-37-33-51(34-38-56)61(49-21-9-2-10-22-49)50-23-11-3-12-24-50)60-45-43-59(44-46-60)63(54-29-17-6-18-30-54)58-41-39-57(40-42-58)62(52-25-13-4-14-26-52)53-27-15-5-16-28-53/h1-46,61H. The van der Waals surface area contributed by atoms with Gasteiger partial charge in [0.25, 0.3) is 0 Å². The summed E-state index contributed by atoms with van der Waals surface area (Å²) in [6.45, 7) is 0. The molecule has 0 fully saturated rings. The predicted octanol–water partition coefficient (Wildman–Crippen LogP) is 16.9. The molecule has 0 aliphatic heterocycles. The van der Waals surface area contributed by atoms with Crippen LogP contribution in [-0.4, -0.2) is 0 Å². The molecule has 0 aliphatic rings. The van der Waals surface area contributed by atoms with Crippen LogP contribution in [0.2, 0.25) is 0 Å². The fourth-order valence-corrected chi connectivity index (χ4v) is 8.69. The summed E-state index contributed by atoms with van der Waals surface area (Å²) in [7, 11) is 0. The van der Waals surface area contributed by atoms with E-state index in [9.17, 15) is 0 Å². The quantitative estimate of drug-likeness (QED) is 0.107. The highest BCUT2D eigenvalue weighted by molar-refractivity contribution is 5.84. The number of benzene rings is 10. The SMILES string of the molecule is c1ccc(-c2ccc(N(c3ccc(C(c4ccccc4)c4ccccc4)cc3)c3ccc(N(c4ccccc4)c4ccc(N(c5ccccc5)c5ccccc5)cc4)cc3)cc2)cc1. The molecule has 306 valence electrons. The molecule has 0 atom stereocenters. The highest BCUT2D eigenvalue weighted by Gasteiger charge is 2.20. The van der Waals surface area contributed by atoms with Gasteiger partial charge in [-0.15, -0.1) is 0 Å². The van der Waals surface area contributed by atoms with Crippen molar-refractivity contribution in [2.24, 2.45) is 0 Å². The summed E-state index contributed by atoms with van der Waals surface area (Å²) in [6.07, 6.45) is 0. The summed E-state index contributed by atoms with van der Waals surface area (Å²) >= 11 is 0. The summed E-state index contributed by atoms with van der Waals surface area (Å²) in [5, 5.41) is 0. The van der Waals surface area contributed by atoms with E-state index < -0.39 is 0 Å². The van der Waals surface area contributed by atoms with Crippen LogP contribution >= 0.6 is 0 Å². The normalized spacial score (nSPS) is 11.0. The Bertz CT molecular complexity index is 2900. The minimum Gasteiger partial charge on any atom is -0.311 e. The van der Waals surface area contributed by atoms with Crippen molar-refractivity contribution in [2.75, 3.05) is 14.7 Å². The highest BCUT2D eigenvalue weighted by Crippen LogP contribution is 2.42. The first kappa shape index (κ1) is 39.7. The molecule has 0 unspecified atom stereocenters. The molecule has 3 heteroatoms. The second-order valence-corrected chi connectivity index (χ2v) is 15.8. The minimum atomic E-state index is 0.118. The molecule has 0 radical (unpaired) electrons. The lowest BCUT2D eigenvalue weighted by Gasteiger charge is -2.29. The van der Waals surface area contributed by atoms with Gasteiger partial charge in [-0.1, -0.05) is 170 Å². The van der Waals surface area contributed by atoms with Crippen molar-refractivity contribution in [3.05, 3.63) is 296 Å². The average molecular weight is 822 g/mol. The first-order chi connectivity index (χ1) is 31.8. The Labute approximate surface area is 377 Å². The van der Waals surface area contributed by atoms with Gasteiger partial charge in [0.2, 0.25) is 0 Å². The van der Waals surface area contributed by atoms with Crippen LogP contribution in [0.4, 0.5) is 51.2 Å². The summed E-state index contributed by atoms with van der Waals surface area (Å²) < 4.78 is 0. The third kappa shape index (κ3) is 8.56. The predicted molar refractivity (Wildman–Crippen MR) is 270 cm³/mol. The van der Waals surface area contributed by atoms with Gasteiger partial charge in [-0.25, -0.2) is 0 Å². The Kier molecular flexibility index (Phi) is 11.6. The molecule has 64 heavy (non-hydrogen) atoms. The van der Waals surface area contributed by atoms with Crippen LogP contribution in [0, 0.1) is 0 Å². The van der Waals surface area contributed by atoms with Crippen LogP contribution in [0.1, 0.15) is 22.6 Å². The number of hydrogen-bond donors (Lipinski definition) is 0. The van der Waals surface area contributed by atoms with Crippen molar-refractivity contribution in [1.82, 2.24) is 0 Å². The van der Waals surface area contributed by atoms with Gasteiger partial charge < -0.3 is 14.7 Å². The van der Waals surface area contributed by atoms with Gasteiger partial charge >= 0.3 is 0 Å². The van der Waals surface area contributed by atoms with Crippen molar-refractivity contribution in [3.63, 3.8) is 0 Å². The van der Waals surface area contributed by atoms with Gasteiger partial charge in [0, 0.05) is 57.1 Å². The van der Waals surface area contributed by atoms with Gasteiger partial charge in [-0.3, -0.25) is 0 Å². The van der Waals surface area contributed by atoms with E-state index in [4.69, 9.17) is 0 Å². The molecule has 0 saturated carbocycles. The second kappa shape index (κ2) is 18.7. The van der Waals surface area contributed by atoms with Crippen molar-refractivity contribution in [2.45, 2.75) is 5.92 Å². The zero-order valence-electron chi connectivity index (χ0n) is 35.5. The molecular weight excluding hydrogens is 775 g/mol. The van der Waals surface area contributed by atoms with E-state index in [-0.39, 0.29) is 5.92 Å². The fourth-order valence-electron chi connectivity index (χ4n) is 8.69. The van der Waals surface area contributed by atoms with E-state index in [2.05, 4.69) is 294 Å². The van der Waals surface area contributed by atoms with E-state index in [0.717, 1.165) is 51.2 Å². The van der Waals surface area contributed by atoms with Gasteiger partial charge in [0.1, 0.15) is 0 Å². The molecule has 0 N–H and O–H groups in total. The van der Waals surface area contributed by atoms with Gasteiger partial charge in [-0.05, 0) is 137 Å². The molecule has 0 bridgehead atoms. The van der Waals surface area contributed by atoms with E-state index in [1.54, 1.807) is 0 Å². The summed E-state index contributed by atoms with van der Waals surface area (Å²) in [5.41, 5.74) is 15.9. The molecule has 0 amide bonds. The largest absolute Gasteiger partial charge is 0.311 e. The monoisotopic (exact) mass is 821 g/mol. The Morgan fingerprint density at radius 1 is 0.172 bits per heavy atom. The maximum absolute atomic E-state index is 2.35. The van der Waals surface area contributed by atoms with Crippen molar-refractivity contribution in [3.8, 4) is 11.1 Å². The Hall–Kier alpha value is -8.40. The molecule has 3 nitrogen and oxygen atoms in total. The molecule has 0 saturated heterocycles. The van der Waals surface area contributed by atoms with Crippen LogP contribution in [-0.2, 0) is 0 Å². The Balaban J connectivity index is 1.02. The van der Waals surface area contributed by atoms with Crippen LogP contribution in [0.15, 0.2) is 279 Å². The molecular formula is C61H47N3. The molecule has 10 aromatic rings. The first-order valence-electron chi connectivity index (χ1n) is 21.9. The van der Waals surface area contributed by atoms with Crippen LogP contribution in [0.3, 0.4) is 0 Å². The second-order valence-electron chi connectivity index (χ2n) is 15.8. The third-order valence-corrected chi connectivity index (χ3v) is 11.8. The van der Waals surface area contributed by atoms with E-state index >= 15 is 0 Å². The van der Waals surface area contributed by atoms with Crippen LogP contribution in [0.5, 0.6) is 0 Å². The first-order valence-corrected chi connectivity index (χ1v) is 21.9. The van der Waals surface area contributed by atoms with Gasteiger partial charge in [0.05, 0.1) is 0 Å². The van der Waals surface area contributed by atoms with Gasteiger partial charge in [-0.2, -0.15) is 0 Å². The minimum absolute atomic E-state index is 0.118. The zero-order valence-corrected chi connectivity index (χ0v) is 35.5. The fraction of sp³-hybridized carbons (Fsp3) is 0.0164. The molecule has 0 aliphatic carbocycles. The molecule has 10 rings (SSSR count). The van der Waals surface area contributed by atoms with Gasteiger partial charge in [0.15, 0.2) is 0 Å². The maximum atomic E-state index is 2.35. The average Bonchev–Trinajstić information content (AvgIpc) is 3.38. The molecule has 0 spiro atoms. The molecule has 10 aromatic carbocycles. The lowest BCUT2D eigenvalue weighted by molar-refractivity contribution is 0.977. The molecule has 0 aromatic heterocycles. The smallest absolute Gasteiger partial charge is 0.0463 e. The summed E-state index contributed by atoms with van der Waals surface area (Å²) in [5.74, 6) is 0.118. The highest BCUT2D eigenvalue weighted by atomic mass is 15.2. The number of hydrogen-bond acceptors (Lipinski definition) is 3. The lowest BCUT2D eigenvalue weighted by atomic mass is 9.85. The van der Waals surface area contributed by atoms with Crippen molar-refractivity contribution < 1.29 is 0 Å². The van der Waals surface area contributed by atoms with Crippen LogP contribution < -0.4 is 14.7 Å². The number of anilines is 9. The van der Waals surface area contributed by atoms with E-state index in [1.165, 1.54) is 27.8 Å². The van der Waals surface area contributed by atoms with E-state index in [1.807, 2.05) is 0 Å². The molecule has 0 heterocycles. The zero-order chi connectivity index (χ0) is 42.9. The van der Waals surface area contributed by atoms with E-state index in [0.29, 0.717) is 0 Å². The number of rotatable bonds is 13.